The van der Waals surface area contributed by atoms with Gasteiger partial charge in [0.1, 0.15) is 0 Å². The van der Waals surface area contributed by atoms with Crippen molar-refractivity contribution in [3.05, 3.63) is 30.3 Å². The molecule has 1 aliphatic heterocycles. The molecule has 0 spiro atoms. The lowest BCUT2D eigenvalue weighted by Gasteiger charge is -2.30. The fraction of sp³-hybridized carbons (Fsp3) is 0.533. The third-order valence-corrected chi connectivity index (χ3v) is 3.45. The van der Waals surface area contributed by atoms with E-state index in [1.807, 2.05) is 30.3 Å². The second-order valence-corrected chi connectivity index (χ2v) is 5.21. The maximum absolute atomic E-state index is 11.8. The lowest BCUT2D eigenvalue weighted by Crippen LogP contribution is -2.36. The minimum Gasteiger partial charge on any atom is -0.326 e. The standard InChI is InChI=1S/C15H22N2O/c1-13-6-5-10-17(12-13)11-9-15(18)16-14-7-3-2-4-8-14/h2-4,7-8,13H,5-6,9-12H2,1H3,(H,16,18)/t13-/m1/s1. The Balaban J connectivity index is 1.71. The summed E-state index contributed by atoms with van der Waals surface area (Å²) in [6.45, 7) is 5.45. The molecule has 0 aromatic heterocycles. The molecule has 2 rings (SSSR count). The molecular formula is C15H22N2O. The van der Waals surface area contributed by atoms with Crippen molar-refractivity contribution in [1.82, 2.24) is 4.90 Å². The second kappa shape index (κ2) is 6.55. The molecule has 0 unspecified atom stereocenters. The van der Waals surface area contributed by atoms with Crippen molar-refractivity contribution in [1.29, 1.82) is 0 Å². The van der Waals surface area contributed by atoms with Crippen LogP contribution in [0.1, 0.15) is 26.2 Å². The fourth-order valence-corrected chi connectivity index (χ4v) is 2.49. The molecule has 98 valence electrons. The van der Waals surface area contributed by atoms with Crippen LogP contribution in [-0.4, -0.2) is 30.4 Å². The number of hydrogen-bond donors (Lipinski definition) is 1. The molecule has 0 radical (unpaired) electrons. The van der Waals surface area contributed by atoms with Gasteiger partial charge < -0.3 is 10.2 Å². The summed E-state index contributed by atoms with van der Waals surface area (Å²) in [5, 5.41) is 2.93. The number of amides is 1. The molecule has 0 saturated carbocycles. The van der Waals surface area contributed by atoms with Gasteiger partial charge in [0, 0.05) is 25.2 Å². The van der Waals surface area contributed by atoms with E-state index < -0.39 is 0 Å². The van der Waals surface area contributed by atoms with Gasteiger partial charge in [-0.05, 0) is 37.4 Å². The van der Waals surface area contributed by atoms with Crippen LogP contribution in [0.4, 0.5) is 5.69 Å². The van der Waals surface area contributed by atoms with Gasteiger partial charge in [-0.2, -0.15) is 0 Å². The summed E-state index contributed by atoms with van der Waals surface area (Å²) in [7, 11) is 0. The van der Waals surface area contributed by atoms with E-state index in [0.717, 1.165) is 31.2 Å². The first-order chi connectivity index (χ1) is 8.74. The molecule has 1 N–H and O–H groups in total. The first kappa shape index (κ1) is 13.1. The summed E-state index contributed by atoms with van der Waals surface area (Å²) in [4.78, 5) is 14.2. The number of nitrogens with one attached hydrogen (secondary N) is 1. The number of likely N-dealkylation sites (tertiary alicyclic amines) is 1. The number of nitrogens with zero attached hydrogens (tertiary/aromatic N) is 1. The maximum atomic E-state index is 11.8. The minimum absolute atomic E-state index is 0.111. The van der Waals surface area contributed by atoms with E-state index >= 15 is 0 Å². The van der Waals surface area contributed by atoms with Gasteiger partial charge in [0.2, 0.25) is 5.91 Å². The van der Waals surface area contributed by atoms with E-state index in [1.54, 1.807) is 0 Å². The van der Waals surface area contributed by atoms with Crippen molar-refractivity contribution in [3.63, 3.8) is 0 Å². The number of piperidine rings is 1. The van der Waals surface area contributed by atoms with Crippen LogP contribution >= 0.6 is 0 Å². The molecule has 1 aliphatic rings. The van der Waals surface area contributed by atoms with Crippen LogP contribution < -0.4 is 5.32 Å². The number of carbonyl (C=O) groups is 1. The number of carbonyl (C=O) groups excluding carboxylic acids is 1. The number of hydrogen-bond acceptors (Lipinski definition) is 2. The average molecular weight is 246 g/mol. The first-order valence-corrected chi connectivity index (χ1v) is 6.81. The van der Waals surface area contributed by atoms with E-state index in [9.17, 15) is 4.79 Å². The van der Waals surface area contributed by atoms with Gasteiger partial charge in [0.05, 0.1) is 0 Å². The number of para-hydroxylation sites is 1. The molecule has 0 bridgehead atoms. The van der Waals surface area contributed by atoms with Crippen LogP contribution in [0.3, 0.4) is 0 Å². The van der Waals surface area contributed by atoms with E-state index in [4.69, 9.17) is 0 Å². The Morgan fingerprint density at radius 3 is 2.89 bits per heavy atom. The summed E-state index contributed by atoms with van der Waals surface area (Å²) in [6, 6.07) is 9.65. The summed E-state index contributed by atoms with van der Waals surface area (Å²) in [5.41, 5.74) is 0.884. The molecular weight excluding hydrogens is 224 g/mol. The smallest absolute Gasteiger partial charge is 0.225 e. The molecule has 0 aliphatic carbocycles. The molecule has 3 heteroatoms. The quantitative estimate of drug-likeness (QED) is 0.886. The minimum atomic E-state index is 0.111. The number of anilines is 1. The lowest BCUT2D eigenvalue weighted by molar-refractivity contribution is -0.116. The van der Waals surface area contributed by atoms with Crippen molar-refractivity contribution in [2.24, 2.45) is 5.92 Å². The van der Waals surface area contributed by atoms with Gasteiger partial charge in [-0.25, -0.2) is 0 Å². The molecule has 1 atom stereocenters. The van der Waals surface area contributed by atoms with Crippen LogP contribution in [0.15, 0.2) is 30.3 Å². The van der Waals surface area contributed by atoms with Crippen molar-refractivity contribution >= 4 is 11.6 Å². The molecule has 18 heavy (non-hydrogen) atoms. The fourth-order valence-electron chi connectivity index (χ4n) is 2.49. The topological polar surface area (TPSA) is 32.3 Å². The van der Waals surface area contributed by atoms with Crippen LogP contribution in [0, 0.1) is 5.92 Å². The Morgan fingerprint density at radius 1 is 1.39 bits per heavy atom. The molecule has 3 nitrogen and oxygen atoms in total. The predicted molar refractivity (Wildman–Crippen MR) is 74.5 cm³/mol. The van der Waals surface area contributed by atoms with Gasteiger partial charge in [-0.15, -0.1) is 0 Å². The molecule has 1 fully saturated rings. The summed E-state index contributed by atoms with van der Waals surface area (Å²) >= 11 is 0. The van der Waals surface area contributed by atoms with Gasteiger partial charge in [-0.3, -0.25) is 4.79 Å². The van der Waals surface area contributed by atoms with Gasteiger partial charge >= 0.3 is 0 Å². The monoisotopic (exact) mass is 246 g/mol. The highest BCUT2D eigenvalue weighted by Gasteiger charge is 2.16. The maximum Gasteiger partial charge on any atom is 0.225 e. The van der Waals surface area contributed by atoms with Crippen molar-refractivity contribution < 1.29 is 4.79 Å². The van der Waals surface area contributed by atoms with Crippen LogP contribution in [0.2, 0.25) is 0 Å². The highest BCUT2D eigenvalue weighted by molar-refractivity contribution is 5.90. The van der Waals surface area contributed by atoms with Crippen molar-refractivity contribution in [2.45, 2.75) is 26.2 Å². The zero-order chi connectivity index (χ0) is 12.8. The Bertz CT molecular complexity index is 377. The molecule has 1 amide bonds. The molecule has 1 aromatic carbocycles. The summed E-state index contributed by atoms with van der Waals surface area (Å²) in [5.74, 6) is 0.885. The lowest BCUT2D eigenvalue weighted by atomic mass is 10.0. The van der Waals surface area contributed by atoms with Crippen molar-refractivity contribution in [2.75, 3.05) is 25.0 Å². The van der Waals surface area contributed by atoms with E-state index in [1.165, 1.54) is 12.8 Å². The normalized spacial score (nSPS) is 20.6. The Hall–Kier alpha value is -1.35. The highest BCUT2D eigenvalue weighted by Crippen LogP contribution is 2.15. The van der Waals surface area contributed by atoms with E-state index in [-0.39, 0.29) is 5.91 Å². The van der Waals surface area contributed by atoms with Gasteiger partial charge in [-0.1, -0.05) is 25.1 Å². The summed E-state index contributed by atoms with van der Waals surface area (Å²) in [6.07, 6.45) is 3.18. The van der Waals surface area contributed by atoms with Crippen LogP contribution in [0.25, 0.3) is 0 Å². The Kier molecular flexibility index (Phi) is 4.76. The molecule has 1 aromatic rings. The molecule has 1 heterocycles. The highest BCUT2D eigenvalue weighted by atomic mass is 16.1. The second-order valence-electron chi connectivity index (χ2n) is 5.21. The Morgan fingerprint density at radius 2 is 2.17 bits per heavy atom. The first-order valence-electron chi connectivity index (χ1n) is 6.81. The van der Waals surface area contributed by atoms with Crippen LogP contribution in [-0.2, 0) is 4.79 Å². The number of benzene rings is 1. The summed E-state index contributed by atoms with van der Waals surface area (Å²) < 4.78 is 0. The zero-order valence-electron chi connectivity index (χ0n) is 11.1. The van der Waals surface area contributed by atoms with E-state index in [2.05, 4.69) is 17.1 Å². The predicted octanol–water partition coefficient (Wildman–Crippen LogP) is 2.75. The van der Waals surface area contributed by atoms with Gasteiger partial charge in [0.25, 0.3) is 0 Å². The molecule has 1 saturated heterocycles. The number of rotatable bonds is 4. The third-order valence-electron chi connectivity index (χ3n) is 3.45. The van der Waals surface area contributed by atoms with Crippen molar-refractivity contribution in [3.8, 4) is 0 Å². The Labute approximate surface area is 109 Å². The SMILES string of the molecule is C[C@@H]1CCCN(CCC(=O)Nc2ccccc2)C1. The van der Waals surface area contributed by atoms with E-state index in [0.29, 0.717) is 6.42 Å². The third kappa shape index (κ3) is 4.15. The zero-order valence-corrected chi connectivity index (χ0v) is 11.1. The van der Waals surface area contributed by atoms with Gasteiger partial charge in [0.15, 0.2) is 0 Å². The van der Waals surface area contributed by atoms with Crippen LogP contribution in [0.5, 0.6) is 0 Å². The largest absolute Gasteiger partial charge is 0.326 e. The average Bonchev–Trinajstić information content (AvgIpc) is 2.38.